The number of aliphatic carboxylic acids is 1. The van der Waals surface area contributed by atoms with Crippen molar-refractivity contribution in [2.45, 2.75) is 38.6 Å². The zero-order valence-electron chi connectivity index (χ0n) is 11.3. The van der Waals surface area contributed by atoms with E-state index in [1.54, 1.807) is 17.1 Å². The van der Waals surface area contributed by atoms with Crippen LogP contribution < -0.4 is 0 Å². The molecule has 1 N–H and O–H groups in total. The van der Waals surface area contributed by atoms with Crippen molar-refractivity contribution < 1.29 is 9.90 Å². The van der Waals surface area contributed by atoms with E-state index >= 15 is 0 Å². The van der Waals surface area contributed by atoms with Crippen molar-refractivity contribution >= 4 is 5.97 Å². The summed E-state index contributed by atoms with van der Waals surface area (Å²) in [6, 6.07) is 3.58. The standard InChI is InChI=1S/C13H17N5O2/c1-2-3-11(9-13(19)20)18-12(15-16-17-18)8-10-4-6-14-7-5-10/h4-7,11H,2-3,8-9H2,1H3,(H,19,20). The van der Waals surface area contributed by atoms with E-state index < -0.39 is 5.97 Å². The third-order valence-electron chi connectivity index (χ3n) is 3.05. The van der Waals surface area contributed by atoms with Gasteiger partial charge in [0, 0.05) is 18.8 Å². The van der Waals surface area contributed by atoms with Crippen LogP contribution in [0.2, 0.25) is 0 Å². The van der Waals surface area contributed by atoms with Crippen molar-refractivity contribution in [1.82, 2.24) is 25.2 Å². The maximum Gasteiger partial charge on any atom is 0.305 e. The van der Waals surface area contributed by atoms with Gasteiger partial charge in [0.15, 0.2) is 5.82 Å². The van der Waals surface area contributed by atoms with E-state index in [-0.39, 0.29) is 12.5 Å². The van der Waals surface area contributed by atoms with Gasteiger partial charge in [0.05, 0.1) is 12.5 Å². The number of nitrogens with zero attached hydrogens (tertiary/aromatic N) is 5. The molecule has 1 unspecified atom stereocenters. The van der Waals surface area contributed by atoms with Crippen LogP contribution in [0.25, 0.3) is 0 Å². The molecule has 0 aliphatic heterocycles. The van der Waals surface area contributed by atoms with Gasteiger partial charge in [-0.1, -0.05) is 13.3 Å². The van der Waals surface area contributed by atoms with Crippen LogP contribution in [-0.2, 0) is 11.2 Å². The molecule has 1 atom stereocenters. The summed E-state index contributed by atoms with van der Waals surface area (Å²) < 4.78 is 1.64. The number of tetrazole rings is 1. The third-order valence-corrected chi connectivity index (χ3v) is 3.05. The second-order valence-electron chi connectivity index (χ2n) is 4.61. The second kappa shape index (κ2) is 6.74. The highest BCUT2D eigenvalue weighted by molar-refractivity contribution is 5.67. The van der Waals surface area contributed by atoms with Crippen molar-refractivity contribution in [3.05, 3.63) is 35.9 Å². The number of rotatable bonds is 7. The molecule has 20 heavy (non-hydrogen) atoms. The molecular formula is C13H17N5O2. The highest BCUT2D eigenvalue weighted by atomic mass is 16.4. The van der Waals surface area contributed by atoms with Gasteiger partial charge in [-0.3, -0.25) is 9.78 Å². The molecule has 0 bridgehead atoms. The van der Waals surface area contributed by atoms with Crippen molar-refractivity contribution in [2.75, 3.05) is 0 Å². The fourth-order valence-corrected chi connectivity index (χ4v) is 2.14. The van der Waals surface area contributed by atoms with Crippen LogP contribution in [-0.4, -0.2) is 36.3 Å². The van der Waals surface area contributed by atoms with Gasteiger partial charge in [0.1, 0.15) is 0 Å². The highest BCUT2D eigenvalue weighted by Gasteiger charge is 2.19. The second-order valence-corrected chi connectivity index (χ2v) is 4.61. The third kappa shape index (κ3) is 3.59. The lowest BCUT2D eigenvalue weighted by Gasteiger charge is -2.15. The summed E-state index contributed by atoms with van der Waals surface area (Å²) in [7, 11) is 0. The topological polar surface area (TPSA) is 93.8 Å². The van der Waals surface area contributed by atoms with E-state index in [4.69, 9.17) is 5.11 Å². The van der Waals surface area contributed by atoms with E-state index in [0.29, 0.717) is 12.2 Å². The lowest BCUT2D eigenvalue weighted by Crippen LogP contribution is -2.18. The first-order valence-electron chi connectivity index (χ1n) is 6.58. The van der Waals surface area contributed by atoms with E-state index in [1.165, 1.54) is 0 Å². The maximum absolute atomic E-state index is 11.0. The predicted octanol–water partition coefficient (Wildman–Crippen LogP) is 1.47. The molecular weight excluding hydrogens is 258 g/mol. The Morgan fingerprint density at radius 2 is 2.15 bits per heavy atom. The molecule has 2 aromatic rings. The van der Waals surface area contributed by atoms with E-state index in [1.807, 2.05) is 19.1 Å². The lowest BCUT2D eigenvalue weighted by atomic mass is 10.1. The van der Waals surface area contributed by atoms with Gasteiger partial charge in [-0.25, -0.2) is 4.68 Å². The summed E-state index contributed by atoms with van der Waals surface area (Å²) in [4.78, 5) is 14.9. The van der Waals surface area contributed by atoms with Crippen LogP contribution in [0.5, 0.6) is 0 Å². The minimum Gasteiger partial charge on any atom is -0.481 e. The smallest absolute Gasteiger partial charge is 0.305 e. The fraction of sp³-hybridized carbons (Fsp3) is 0.462. The molecule has 0 radical (unpaired) electrons. The SMILES string of the molecule is CCCC(CC(=O)O)n1nnnc1Cc1ccncc1. The lowest BCUT2D eigenvalue weighted by molar-refractivity contribution is -0.138. The molecule has 7 nitrogen and oxygen atoms in total. The molecule has 0 aromatic carbocycles. The molecule has 106 valence electrons. The minimum absolute atomic E-state index is 0.0300. The molecule has 0 amide bonds. The Bertz CT molecular complexity index is 555. The molecule has 0 saturated heterocycles. The van der Waals surface area contributed by atoms with Crippen molar-refractivity contribution in [2.24, 2.45) is 0 Å². The zero-order valence-corrected chi connectivity index (χ0v) is 11.3. The molecule has 0 aliphatic carbocycles. The Morgan fingerprint density at radius 1 is 1.40 bits per heavy atom. The number of pyridine rings is 1. The zero-order chi connectivity index (χ0) is 14.4. The van der Waals surface area contributed by atoms with Gasteiger partial charge in [0.2, 0.25) is 0 Å². The molecule has 0 aliphatic rings. The summed E-state index contributed by atoms with van der Waals surface area (Å²) in [6.45, 7) is 2.02. The van der Waals surface area contributed by atoms with Crippen LogP contribution in [0.3, 0.4) is 0 Å². The first-order chi connectivity index (χ1) is 9.70. The van der Waals surface area contributed by atoms with Gasteiger partial charge < -0.3 is 5.11 Å². The molecule has 2 aromatic heterocycles. The molecule has 2 rings (SSSR count). The van der Waals surface area contributed by atoms with Gasteiger partial charge in [0.25, 0.3) is 0 Å². The number of aromatic nitrogens is 5. The molecule has 0 spiro atoms. The number of hydrogen-bond donors (Lipinski definition) is 1. The molecule has 7 heteroatoms. The van der Waals surface area contributed by atoms with Gasteiger partial charge >= 0.3 is 5.97 Å². The Balaban J connectivity index is 2.19. The first kappa shape index (κ1) is 14.1. The summed E-state index contributed by atoms with van der Waals surface area (Å²) >= 11 is 0. The van der Waals surface area contributed by atoms with Crippen molar-refractivity contribution in [3.63, 3.8) is 0 Å². The number of hydrogen-bond acceptors (Lipinski definition) is 5. The summed E-state index contributed by atoms with van der Waals surface area (Å²) in [5.74, 6) is -0.162. The van der Waals surface area contributed by atoms with Crippen LogP contribution in [0.4, 0.5) is 0 Å². The molecule has 2 heterocycles. The summed E-state index contributed by atoms with van der Waals surface area (Å²) in [5.41, 5.74) is 1.04. The number of carboxylic acid groups (broad SMARTS) is 1. The predicted molar refractivity (Wildman–Crippen MR) is 71.1 cm³/mol. The summed E-state index contributed by atoms with van der Waals surface area (Å²) in [6.07, 6.45) is 5.64. The van der Waals surface area contributed by atoms with Crippen LogP contribution in [0.1, 0.15) is 43.6 Å². The fourth-order valence-electron chi connectivity index (χ4n) is 2.14. The quantitative estimate of drug-likeness (QED) is 0.822. The van der Waals surface area contributed by atoms with E-state index in [9.17, 15) is 4.79 Å². The Hall–Kier alpha value is -2.31. The largest absolute Gasteiger partial charge is 0.481 e. The normalized spacial score (nSPS) is 12.2. The average Bonchev–Trinajstić information content (AvgIpc) is 2.87. The average molecular weight is 275 g/mol. The Labute approximate surface area is 116 Å². The van der Waals surface area contributed by atoms with Crippen molar-refractivity contribution in [3.8, 4) is 0 Å². The highest BCUT2D eigenvalue weighted by Crippen LogP contribution is 2.19. The molecule has 0 saturated carbocycles. The monoisotopic (exact) mass is 275 g/mol. The minimum atomic E-state index is -0.839. The van der Waals surface area contributed by atoms with Crippen LogP contribution in [0.15, 0.2) is 24.5 Å². The number of carboxylic acids is 1. The first-order valence-corrected chi connectivity index (χ1v) is 6.58. The van der Waals surface area contributed by atoms with Crippen molar-refractivity contribution in [1.29, 1.82) is 0 Å². The van der Waals surface area contributed by atoms with E-state index in [2.05, 4.69) is 20.5 Å². The summed E-state index contributed by atoms with van der Waals surface area (Å²) in [5, 5.41) is 20.7. The van der Waals surface area contributed by atoms with Crippen LogP contribution in [0, 0.1) is 0 Å². The van der Waals surface area contributed by atoms with Gasteiger partial charge in [-0.2, -0.15) is 0 Å². The van der Waals surface area contributed by atoms with Gasteiger partial charge in [-0.15, -0.1) is 5.10 Å². The Kier molecular flexibility index (Phi) is 4.75. The molecule has 0 fully saturated rings. The van der Waals surface area contributed by atoms with Gasteiger partial charge in [-0.05, 0) is 34.5 Å². The van der Waals surface area contributed by atoms with E-state index in [0.717, 1.165) is 18.4 Å². The number of carbonyl (C=O) groups is 1. The Morgan fingerprint density at radius 3 is 2.80 bits per heavy atom. The van der Waals surface area contributed by atoms with Crippen LogP contribution >= 0.6 is 0 Å². The maximum atomic E-state index is 11.0.